The van der Waals surface area contributed by atoms with Gasteiger partial charge in [-0.05, 0) is 32.0 Å². The lowest BCUT2D eigenvalue weighted by molar-refractivity contribution is -0.138. The van der Waals surface area contributed by atoms with Crippen LogP contribution in [0.2, 0.25) is 0 Å². The zero-order valence-corrected chi connectivity index (χ0v) is 10.9. The maximum absolute atomic E-state index is 10.8. The van der Waals surface area contributed by atoms with Crippen LogP contribution in [0.1, 0.15) is 25.3 Å². The first-order valence-electron chi connectivity index (χ1n) is 6.33. The highest BCUT2D eigenvalue weighted by Crippen LogP contribution is 2.11. The molecule has 1 rings (SSSR count). The van der Waals surface area contributed by atoms with Crippen LogP contribution in [0.3, 0.4) is 0 Å². The smallest absolute Gasteiger partial charge is 0.304 e. The molecule has 3 N–H and O–H groups in total. The highest BCUT2D eigenvalue weighted by atomic mass is 16.4. The van der Waals surface area contributed by atoms with Crippen molar-refractivity contribution in [3.63, 3.8) is 0 Å². The van der Waals surface area contributed by atoms with E-state index in [0.29, 0.717) is 6.54 Å². The minimum Gasteiger partial charge on any atom is -0.481 e. The van der Waals surface area contributed by atoms with Crippen LogP contribution in [0, 0.1) is 0 Å². The number of hydrogen-bond donors (Lipinski definition) is 2. The Morgan fingerprint density at radius 1 is 1.39 bits per heavy atom. The SMILES string of the molecule is CC(CC(=O)O)N(CCCN)Cc1ccccc1. The largest absolute Gasteiger partial charge is 0.481 e. The van der Waals surface area contributed by atoms with Gasteiger partial charge in [0.2, 0.25) is 0 Å². The van der Waals surface area contributed by atoms with E-state index in [4.69, 9.17) is 10.8 Å². The molecule has 0 aliphatic carbocycles. The third-order valence-corrected chi connectivity index (χ3v) is 2.97. The fourth-order valence-electron chi connectivity index (χ4n) is 1.95. The van der Waals surface area contributed by atoms with Crippen molar-refractivity contribution in [2.75, 3.05) is 13.1 Å². The van der Waals surface area contributed by atoms with Crippen molar-refractivity contribution in [1.29, 1.82) is 0 Å². The predicted molar refractivity (Wildman–Crippen MR) is 72.2 cm³/mol. The second-order valence-corrected chi connectivity index (χ2v) is 4.55. The third kappa shape index (κ3) is 5.29. The topological polar surface area (TPSA) is 66.6 Å². The van der Waals surface area contributed by atoms with Crippen LogP contribution in [0.5, 0.6) is 0 Å². The Labute approximate surface area is 108 Å². The Balaban J connectivity index is 2.62. The number of carbonyl (C=O) groups is 1. The lowest BCUT2D eigenvalue weighted by Crippen LogP contribution is -2.35. The van der Waals surface area contributed by atoms with E-state index in [1.54, 1.807) is 0 Å². The molecule has 4 nitrogen and oxygen atoms in total. The molecule has 18 heavy (non-hydrogen) atoms. The summed E-state index contributed by atoms with van der Waals surface area (Å²) < 4.78 is 0. The van der Waals surface area contributed by atoms with E-state index >= 15 is 0 Å². The summed E-state index contributed by atoms with van der Waals surface area (Å²) in [7, 11) is 0. The maximum atomic E-state index is 10.8. The van der Waals surface area contributed by atoms with Gasteiger partial charge in [-0.2, -0.15) is 0 Å². The molecule has 0 spiro atoms. The molecule has 0 saturated carbocycles. The summed E-state index contributed by atoms with van der Waals surface area (Å²) in [6, 6.07) is 10.1. The molecule has 0 aromatic heterocycles. The van der Waals surface area contributed by atoms with Gasteiger partial charge in [-0.1, -0.05) is 30.3 Å². The summed E-state index contributed by atoms with van der Waals surface area (Å²) in [6.07, 6.45) is 1.05. The molecule has 100 valence electrons. The van der Waals surface area contributed by atoms with Crippen LogP contribution in [0.15, 0.2) is 30.3 Å². The molecular weight excluding hydrogens is 228 g/mol. The van der Waals surface area contributed by atoms with E-state index in [0.717, 1.165) is 19.5 Å². The van der Waals surface area contributed by atoms with Gasteiger partial charge in [0.15, 0.2) is 0 Å². The standard InChI is InChI=1S/C14H22N2O2/c1-12(10-14(17)18)16(9-5-8-15)11-13-6-3-2-4-7-13/h2-4,6-7,12H,5,8-11,15H2,1H3,(H,17,18). The Morgan fingerprint density at radius 2 is 2.06 bits per heavy atom. The molecule has 0 radical (unpaired) electrons. The Morgan fingerprint density at radius 3 is 2.61 bits per heavy atom. The first-order valence-corrected chi connectivity index (χ1v) is 6.33. The van der Waals surface area contributed by atoms with E-state index in [9.17, 15) is 4.79 Å². The lowest BCUT2D eigenvalue weighted by Gasteiger charge is -2.28. The van der Waals surface area contributed by atoms with Crippen molar-refractivity contribution in [1.82, 2.24) is 4.90 Å². The second kappa shape index (κ2) is 7.84. The molecule has 0 saturated heterocycles. The van der Waals surface area contributed by atoms with Gasteiger partial charge in [-0.25, -0.2) is 0 Å². The van der Waals surface area contributed by atoms with Crippen molar-refractivity contribution < 1.29 is 9.90 Å². The van der Waals surface area contributed by atoms with Gasteiger partial charge in [-0.15, -0.1) is 0 Å². The van der Waals surface area contributed by atoms with Gasteiger partial charge < -0.3 is 10.8 Å². The monoisotopic (exact) mass is 250 g/mol. The van der Waals surface area contributed by atoms with Crippen LogP contribution in [0.4, 0.5) is 0 Å². The summed E-state index contributed by atoms with van der Waals surface area (Å²) in [5.41, 5.74) is 6.73. The number of nitrogens with zero attached hydrogens (tertiary/aromatic N) is 1. The van der Waals surface area contributed by atoms with Crippen molar-refractivity contribution >= 4 is 5.97 Å². The minimum atomic E-state index is -0.756. The van der Waals surface area contributed by atoms with Gasteiger partial charge in [0.1, 0.15) is 0 Å². The van der Waals surface area contributed by atoms with Crippen LogP contribution < -0.4 is 5.73 Å². The van der Waals surface area contributed by atoms with Crippen LogP contribution >= 0.6 is 0 Å². The first kappa shape index (κ1) is 14.7. The molecule has 1 aromatic rings. The Bertz CT molecular complexity index is 354. The summed E-state index contributed by atoms with van der Waals surface area (Å²) in [6.45, 7) is 4.19. The summed E-state index contributed by atoms with van der Waals surface area (Å²) in [5, 5.41) is 8.87. The molecule has 0 heterocycles. The van der Waals surface area contributed by atoms with Crippen molar-refractivity contribution in [2.24, 2.45) is 5.73 Å². The number of aliphatic carboxylic acids is 1. The molecular formula is C14H22N2O2. The van der Waals surface area contributed by atoms with Crippen molar-refractivity contribution in [3.05, 3.63) is 35.9 Å². The summed E-state index contributed by atoms with van der Waals surface area (Å²) >= 11 is 0. The normalized spacial score (nSPS) is 12.6. The molecule has 0 amide bonds. The Hall–Kier alpha value is -1.39. The molecule has 1 unspecified atom stereocenters. The average Bonchev–Trinajstić information content (AvgIpc) is 2.34. The molecule has 1 aromatic carbocycles. The molecule has 0 aliphatic rings. The number of rotatable bonds is 8. The first-order chi connectivity index (χ1) is 8.63. The number of hydrogen-bond acceptors (Lipinski definition) is 3. The molecule has 0 bridgehead atoms. The van der Waals surface area contributed by atoms with E-state index in [1.807, 2.05) is 25.1 Å². The summed E-state index contributed by atoms with van der Waals surface area (Å²) in [5.74, 6) is -0.756. The van der Waals surface area contributed by atoms with Gasteiger partial charge >= 0.3 is 5.97 Å². The average molecular weight is 250 g/mol. The van der Waals surface area contributed by atoms with Crippen LogP contribution in [0.25, 0.3) is 0 Å². The van der Waals surface area contributed by atoms with Crippen LogP contribution in [-0.4, -0.2) is 35.1 Å². The van der Waals surface area contributed by atoms with Crippen molar-refractivity contribution in [2.45, 2.75) is 32.4 Å². The summed E-state index contributed by atoms with van der Waals surface area (Å²) in [4.78, 5) is 13.0. The lowest BCUT2D eigenvalue weighted by atomic mass is 10.1. The van der Waals surface area contributed by atoms with E-state index in [-0.39, 0.29) is 12.5 Å². The van der Waals surface area contributed by atoms with E-state index < -0.39 is 5.97 Å². The molecule has 1 atom stereocenters. The minimum absolute atomic E-state index is 0.0225. The number of benzene rings is 1. The number of carboxylic acids is 1. The fraction of sp³-hybridized carbons (Fsp3) is 0.500. The Kier molecular flexibility index (Phi) is 6.39. The quantitative estimate of drug-likeness (QED) is 0.737. The highest BCUT2D eigenvalue weighted by Gasteiger charge is 2.16. The number of nitrogens with two attached hydrogens (primary N) is 1. The van der Waals surface area contributed by atoms with Gasteiger partial charge in [0, 0.05) is 12.6 Å². The van der Waals surface area contributed by atoms with E-state index in [1.165, 1.54) is 5.56 Å². The van der Waals surface area contributed by atoms with Gasteiger partial charge in [0.25, 0.3) is 0 Å². The van der Waals surface area contributed by atoms with Gasteiger partial charge in [0.05, 0.1) is 6.42 Å². The van der Waals surface area contributed by atoms with Crippen molar-refractivity contribution in [3.8, 4) is 0 Å². The second-order valence-electron chi connectivity index (χ2n) is 4.55. The predicted octanol–water partition coefficient (Wildman–Crippen LogP) is 1.70. The highest BCUT2D eigenvalue weighted by molar-refractivity contribution is 5.67. The zero-order chi connectivity index (χ0) is 13.4. The molecule has 0 fully saturated rings. The zero-order valence-electron chi connectivity index (χ0n) is 10.9. The molecule has 4 heteroatoms. The molecule has 0 aliphatic heterocycles. The van der Waals surface area contributed by atoms with Crippen LogP contribution in [-0.2, 0) is 11.3 Å². The maximum Gasteiger partial charge on any atom is 0.304 e. The van der Waals surface area contributed by atoms with E-state index in [2.05, 4.69) is 17.0 Å². The fourth-order valence-corrected chi connectivity index (χ4v) is 1.95. The number of carboxylic acid groups (broad SMARTS) is 1. The van der Waals surface area contributed by atoms with Gasteiger partial charge in [-0.3, -0.25) is 9.69 Å². The third-order valence-electron chi connectivity index (χ3n) is 2.97.